The molecule has 23 heavy (non-hydrogen) atoms. The second-order valence-corrected chi connectivity index (χ2v) is 6.42. The highest BCUT2D eigenvalue weighted by atomic mass is 16.4. The number of carboxylic acid groups (broad SMARTS) is 1. The van der Waals surface area contributed by atoms with Gasteiger partial charge < -0.3 is 10.4 Å². The van der Waals surface area contributed by atoms with Gasteiger partial charge >= 0.3 is 5.97 Å². The van der Waals surface area contributed by atoms with E-state index in [9.17, 15) is 14.7 Å². The number of amides is 1. The number of hydrogen-bond acceptors (Lipinski definition) is 3. The number of fused-ring (bicyclic) bond motifs is 1. The number of carboxylic acids is 1. The van der Waals surface area contributed by atoms with Crippen molar-refractivity contribution >= 4 is 22.8 Å². The van der Waals surface area contributed by atoms with Crippen LogP contribution in [-0.4, -0.2) is 28.0 Å². The molecule has 1 atom stereocenters. The van der Waals surface area contributed by atoms with E-state index in [0.717, 1.165) is 29.4 Å². The van der Waals surface area contributed by atoms with E-state index in [1.807, 2.05) is 30.3 Å². The molecule has 0 saturated heterocycles. The second-order valence-electron chi connectivity index (χ2n) is 6.42. The molecule has 2 aromatic rings. The van der Waals surface area contributed by atoms with Crippen LogP contribution in [0.2, 0.25) is 0 Å². The van der Waals surface area contributed by atoms with Crippen LogP contribution in [0.4, 0.5) is 0 Å². The number of aromatic nitrogens is 1. The highest BCUT2D eigenvalue weighted by molar-refractivity contribution is 6.07. The minimum Gasteiger partial charge on any atom is -0.480 e. The van der Waals surface area contributed by atoms with Crippen molar-refractivity contribution in [1.29, 1.82) is 0 Å². The summed E-state index contributed by atoms with van der Waals surface area (Å²) < 4.78 is 0. The number of nitrogens with zero attached hydrogens (tertiary/aromatic N) is 1. The molecular formula is C18H20N2O3. The summed E-state index contributed by atoms with van der Waals surface area (Å²) in [6.45, 7) is 3.55. The van der Waals surface area contributed by atoms with Crippen LogP contribution >= 0.6 is 0 Å². The van der Waals surface area contributed by atoms with E-state index in [1.165, 1.54) is 0 Å². The number of nitrogens with one attached hydrogen (secondary N) is 1. The molecule has 1 aliphatic carbocycles. The Morgan fingerprint density at radius 3 is 2.57 bits per heavy atom. The summed E-state index contributed by atoms with van der Waals surface area (Å²) in [5.41, 5.74) is 2.20. The topological polar surface area (TPSA) is 79.3 Å². The molecule has 0 radical (unpaired) electrons. The lowest BCUT2D eigenvalue weighted by Crippen LogP contribution is -2.44. The molecule has 1 unspecified atom stereocenters. The van der Waals surface area contributed by atoms with Gasteiger partial charge in [-0.3, -0.25) is 9.78 Å². The normalized spacial score (nSPS) is 15.6. The molecule has 1 aromatic carbocycles. The van der Waals surface area contributed by atoms with E-state index in [-0.39, 0.29) is 11.8 Å². The molecular weight excluding hydrogens is 292 g/mol. The number of aliphatic carboxylic acids is 1. The van der Waals surface area contributed by atoms with Crippen molar-refractivity contribution in [3.63, 3.8) is 0 Å². The highest BCUT2D eigenvalue weighted by Crippen LogP contribution is 2.40. The van der Waals surface area contributed by atoms with E-state index in [4.69, 9.17) is 0 Å². The average molecular weight is 312 g/mol. The van der Waals surface area contributed by atoms with Crippen LogP contribution in [-0.2, 0) is 4.79 Å². The fraction of sp³-hybridized carbons (Fsp3) is 0.389. The minimum atomic E-state index is -1.02. The monoisotopic (exact) mass is 312 g/mol. The Hall–Kier alpha value is -2.43. The van der Waals surface area contributed by atoms with Crippen molar-refractivity contribution in [3.05, 3.63) is 41.6 Å². The molecule has 5 heteroatoms. The van der Waals surface area contributed by atoms with Crippen molar-refractivity contribution in [2.24, 2.45) is 5.92 Å². The van der Waals surface area contributed by atoms with Crippen molar-refractivity contribution in [2.75, 3.05) is 0 Å². The van der Waals surface area contributed by atoms with Gasteiger partial charge in [-0.25, -0.2) is 4.79 Å². The lowest BCUT2D eigenvalue weighted by Gasteiger charge is -2.18. The van der Waals surface area contributed by atoms with Crippen molar-refractivity contribution in [2.45, 2.75) is 38.6 Å². The average Bonchev–Trinajstić information content (AvgIpc) is 3.35. The molecule has 120 valence electrons. The third kappa shape index (κ3) is 3.18. The van der Waals surface area contributed by atoms with Gasteiger partial charge in [0.25, 0.3) is 5.91 Å². The van der Waals surface area contributed by atoms with Crippen LogP contribution < -0.4 is 5.32 Å². The number of para-hydroxylation sites is 1. The zero-order valence-corrected chi connectivity index (χ0v) is 13.2. The fourth-order valence-corrected chi connectivity index (χ4v) is 2.70. The fourth-order valence-electron chi connectivity index (χ4n) is 2.70. The highest BCUT2D eigenvalue weighted by Gasteiger charge is 2.28. The Labute approximate surface area is 134 Å². The first kappa shape index (κ1) is 15.5. The van der Waals surface area contributed by atoms with Gasteiger partial charge in [0.1, 0.15) is 6.04 Å². The first-order valence-electron chi connectivity index (χ1n) is 7.90. The SMILES string of the molecule is CC(C)C(NC(=O)c1cc(C2CC2)nc2ccccc12)C(=O)O. The van der Waals surface area contributed by atoms with E-state index >= 15 is 0 Å². The number of hydrogen-bond donors (Lipinski definition) is 2. The summed E-state index contributed by atoms with van der Waals surface area (Å²) in [7, 11) is 0. The minimum absolute atomic E-state index is 0.188. The van der Waals surface area contributed by atoms with E-state index in [1.54, 1.807) is 13.8 Å². The zero-order valence-electron chi connectivity index (χ0n) is 13.2. The third-order valence-electron chi connectivity index (χ3n) is 4.20. The van der Waals surface area contributed by atoms with Crippen LogP contribution in [0.3, 0.4) is 0 Å². The summed E-state index contributed by atoms with van der Waals surface area (Å²) in [6.07, 6.45) is 2.19. The molecule has 1 heterocycles. The van der Waals surface area contributed by atoms with Crippen molar-refractivity contribution in [1.82, 2.24) is 10.3 Å². The number of benzene rings is 1. The standard InChI is InChI=1S/C18H20N2O3/c1-10(2)16(18(22)23)20-17(21)13-9-15(11-7-8-11)19-14-6-4-3-5-12(13)14/h3-6,9-11,16H,7-8H2,1-2H3,(H,20,21)(H,22,23). The molecule has 1 aliphatic rings. The Morgan fingerprint density at radius 1 is 1.26 bits per heavy atom. The van der Waals surface area contributed by atoms with Crippen LogP contribution in [0, 0.1) is 5.92 Å². The van der Waals surface area contributed by atoms with Crippen LogP contribution in [0.5, 0.6) is 0 Å². The van der Waals surface area contributed by atoms with Gasteiger partial charge in [0.2, 0.25) is 0 Å². The summed E-state index contributed by atoms with van der Waals surface area (Å²) >= 11 is 0. The van der Waals surface area contributed by atoms with Crippen LogP contribution in [0.25, 0.3) is 10.9 Å². The molecule has 1 amide bonds. The predicted octanol–water partition coefficient (Wildman–Crippen LogP) is 2.95. The molecule has 0 aliphatic heterocycles. The van der Waals surface area contributed by atoms with Gasteiger partial charge in [0, 0.05) is 17.0 Å². The van der Waals surface area contributed by atoms with Gasteiger partial charge in [0.05, 0.1) is 11.1 Å². The number of carbonyl (C=O) groups is 2. The van der Waals surface area contributed by atoms with Crippen LogP contribution in [0.15, 0.2) is 30.3 Å². The van der Waals surface area contributed by atoms with E-state index < -0.39 is 12.0 Å². The molecule has 1 saturated carbocycles. The molecule has 5 nitrogen and oxygen atoms in total. The second kappa shape index (κ2) is 5.99. The molecule has 1 fully saturated rings. The van der Waals surface area contributed by atoms with Crippen LogP contribution in [0.1, 0.15) is 48.7 Å². The number of pyridine rings is 1. The van der Waals surface area contributed by atoms with E-state index in [2.05, 4.69) is 10.3 Å². The maximum atomic E-state index is 12.7. The Bertz CT molecular complexity index is 766. The largest absolute Gasteiger partial charge is 0.480 e. The Morgan fingerprint density at radius 2 is 1.96 bits per heavy atom. The first-order chi connectivity index (χ1) is 11.0. The van der Waals surface area contributed by atoms with Gasteiger partial charge in [-0.05, 0) is 30.9 Å². The quantitative estimate of drug-likeness (QED) is 0.889. The number of carbonyl (C=O) groups excluding carboxylic acids is 1. The summed E-state index contributed by atoms with van der Waals surface area (Å²) in [5, 5.41) is 12.7. The van der Waals surface area contributed by atoms with Gasteiger partial charge in [0.15, 0.2) is 0 Å². The van der Waals surface area contributed by atoms with Crippen molar-refractivity contribution < 1.29 is 14.7 Å². The molecule has 3 rings (SSSR count). The first-order valence-corrected chi connectivity index (χ1v) is 7.90. The van der Waals surface area contributed by atoms with E-state index in [0.29, 0.717) is 11.5 Å². The predicted molar refractivity (Wildman–Crippen MR) is 87.4 cm³/mol. The molecule has 0 spiro atoms. The summed E-state index contributed by atoms with van der Waals surface area (Å²) in [5.74, 6) is -1.14. The van der Waals surface area contributed by atoms with Gasteiger partial charge in [-0.2, -0.15) is 0 Å². The summed E-state index contributed by atoms with van der Waals surface area (Å²) in [4.78, 5) is 28.6. The smallest absolute Gasteiger partial charge is 0.326 e. The lowest BCUT2D eigenvalue weighted by atomic mass is 10.0. The zero-order chi connectivity index (χ0) is 16.6. The maximum Gasteiger partial charge on any atom is 0.326 e. The molecule has 2 N–H and O–H groups in total. The lowest BCUT2D eigenvalue weighted by molar-refractivity contribution is -0.140. The van der Waals surface area contributed by atoms with Gasteiger partial charge in [-0.1, -0.05) is 32.0 Å². The third-order valence-corrected chi connectivity index (χ3v) is 4.20. The Balaban J connectivity index is 2.00. The molecule has 0 bridgehead atoms. The summed E-state index contributed by atoms with van der Waals surface area (Å²) in [6, 6.07) is 8.39. The maximum absolute atomic E-state index is 12.7. The molecule has 1 aromatic heterocycles. The Kier molecular flexibility index (Phi) is 4.03. The van der Waals surface area contributed by atoms with Gasteiger partial charge in [-0.15, -0.1) is 0 Å². The number of rotatable bonds is 5. The van der Waals surface area contributed by atoms with Crippen molar-refractivity contribution in [3.8, 4) is 0 Å².